The van der Waals surface area contributed by atoms with Crippen LogP contribution in [0.15, 0.2) is 12.3 Å². The van der Waals surface area contributed by atoms with E-state index in [1.807, 2.05) is 6.26 Å². The SMILES string of the molecule is CCCC[SiH](OC)OC=CC1CCCCCC1. The summed E-state index contributed by atoms with van der Waals surface area (Å²) in [5.74, 6) is 0.746. The molecule has 17 heavy (non-hydrogen) atoms. The van der Waals surface area contributed by atoms with Gasteiger partial charge in [-0.2, -0.15) is 0 Å². The van der Waals surface area contributed by atoms with Gasteiger partial charge in [0.1, 0.15) is 0 Å². The number of unbranched alkanes of at least 4 members (excludes halogenated alkanes) is 1. The van der Waals surface area contributed by atoms with Crippen LogP contribution < -0.4 is 0 Å². The molecule has 0 radical (unpaired) electrons. The molecular weight excluding hydrogens is 228 g/mol. The first-order valence-electron chi connectivity index (χ1n) is 7.21. The normalized spacial score (nSPS) is 20.4. The third-order valence-corrected chi connectivity index (χ3v) is 5.40. The van der Waals surface area contributed by atoms with Crippen LogP contribution >= 0.6 is 0 Å². The van der Waals surface area contributed by atoms with Crippen LogP contribution in [0.1, 0.15) is 58.3 Å². The fraction of sp³-hybridized carbons (Fsp3) is 0.857. The molecule has 0 spiro atoms. The van der Waals surface area contributed by atoms with Crippen molar-refractivity contribution >= 4 is 9.28 Å². The molecule has 0 amide bonds. The number of hydrogen-bond donors (Lipinski definition) is 0. The molecule has 1 unspecified atom stereocenters. The van der Waals surface area contributed by atoms with Gasteiger partial charge >= 0.3 is 9.28 Å². The van der Waals surface area contributed by atoms with Crippen LogP contribution in [0.25, 0.3) is 0 Å². The maximum atomic E-state index is 5.77. The zero-order chi connectivity index (χ0) is 12.3. The smallest absolute Gasteiger partial charge is 0.381 e. The number of rotatable bonds is 7. The van der Waals surface area contributed by atoms with E-state index in [1.54, 1.807) is 7.11 Å². The first kappa shape index (κ1) is 14.8. The van der Waals surface area contributed by atoms with Crippen molar-refractivity contribution in [2.75, 3.05) is 7.11 Å². The quantitative estimate of drug-likeness (QED) is 0.387. The molecule has 0 aromatic rings. The van der Waals surface area contributed by atoms with Crippen molar-refractivity contribution in [2.45, 2.75) is 64.3 Å². The first-order valence-corrected chi connectivity index (χ1v) is 8.97. The highest BCUT2D eigenvalue weighted by Crippen LogP contribution is 2.23. The highest BCUT2D eigenvalue weighted by Gasteiger charge is 2.11. The summed E-state index contributed by atoms with van der Waals surface area (Å²) >= 11 is 0. The molecule has 0 aromatic heterocycles. The predicted molar refractivity (Wildman–Crippen MR) is 75.3 cm³/mol. The van der Waals surface area contributed by atoms with E-state index in [4.69, 9.17) is 8.85 Å². The summed E-state index contributed by atoms with van der Waals surface area (Å²) in [6.07, 6.45) is 14.9. The molecule has 0 N–H and O–H groups in total. The van der Waals surface area contributed by atoms with E-state index in [-0.39, 0.29) is 0 Å². The molecule has 3 heteroatoms. The molecular formula is C14H28O2Si. The van der Waals surface area contributed by atoms with Crippen LogP contribution in [0.5, 0.6) is 0 Å². The summed E-state index contributed by atoms with van der Waals surface area (Å²) in [7, 11) is 0.383. The minimum absolute atomic E-state index is 0.746. The van der Waals surface area contributed by atoms with Gasteiger partial charge in [0, 0.05) is 7.11 Å². The van der Waals surface area contributed by atoms with Crippen molar-refractivity contribution in [3.63, 3.8) is 0 Å². The lowest BCUT2D eigenvalue weighted by Gasteiger charge is -2.13. The molecule has 0 aliphatic heterocycles. The van der Waals surface area contributed by atoms with Crippen molar-refractivity contribution in [1.29, 1.82) is 0 Å². The average molecular weight is 256 g/mol. The van der Waals surface area contributed by atoms with Crippen LogP contribution in [0.3, 0.4) is 0 Å². The van der Waals surface area contributed by atoms with Crippen LogP contribution in [0.2, 0.25) is 6.04 Å². The third-order valence-electron chi connectivity index (χ3n) is 3.54. The molecule has 0 heterocycles. The van der Waals surface area contributed by atoms with Crippen molar-refractivity contribution in [2.24, 2.45) is 5.92 Å². The molecule has 0 aromatic carbocycles. The maximum Gasteiger partial charge on any atom is 0.381 e. The predicted octanol–water partition coefficient (Wildman–Crippen LogP) is 4.15. The average Bonchev–Trinajstić information content (AvgIpc) is 2.62. The maximum absolute atomic E-state index is 5.77. The van der Waals surface area contributed by atoms with Gasteiger partial charge in [-0.15, -0.1) is 0 Å². The Morgan fingerprint density at radius 1 is 1.18 bits per heavy atom. The van der Waals surface area contributed by atoms with Gasteiger partial charge in [0.2, 0.25) is 0 Å². The Morgan fingerprint density at radius 3 is 2.47 bits per heavy atom. The highest BCUT2D eigenvalue weighted by atomic mass is 28.3. The van der Waals surface area contributed by atoms with E-state index in [9.17, 15) is 0 Å². The minimum atomic E-state index is -1.40. The van der Waals surface area contributed by atoms with E-state index < -0.39 is 9.28 Å². The zero-order valence-corrected chi connectivity index (χ0v) is 12.6. The van der Waals surface area contributed by atoms with Crippen molar-refractivity contribution < 1.29 is 8.85 Å². The van der Waals surface area contributed by atoms with Gasteiger partial charge in [0.25, 0.3) is 0 Å². The summed E-state index contributed by atoms with van der Waals surface area (Å²) in [5.41, 5.74) is 0. The second-order valence-electron chi connectivity index (χ2n) is 5.02. The Hall–Kier alpha value is -0.283. The van der Waals surface area contributed by atoms with Gasteiger partial charge in [-0.05, 0) is 30.9 Å². The second-order valence-corrected chi connectivity index (χ2v) is 7.20. The minimum Gasteiger partial charge on any atom is -0.529 e. The number of hydrogen-bond acceptors (Lipinski definition) is 2. The van der Waals surface area contributed by atoms with Gasteiger partial charge in [-0.1, -0.05) is 45.4 Å². The third kappa shape index (κ3) is 6.89. The molecule has 1 atom stereocenters. The van der Waals surface area contributed by atoms with Crippen LogP contribution in [0.4, 0.5) is 0 Å². The molecule has 2 nitrogen and oxygen atoms in total. The molecule has 0 saturated heterocycles. The fourth-order valence-electron chi connectivity index (χ4n) is 2.36. The Morgan fingerprint density at radius 2 is 1.88 bits per heavy atom. The molecule has 100 valence electrons. The largest absolute Gasteiger partial charge is 0.529 e. The zero-order valence-electron chi connectivity index (χ0n) is 11.5. The highest BCUT2D eigenvalue weighted by molar-refractivity contribution is 6.44. The number of allylic oxidation sites excluding steroid dienone is 1. The van der Waals surface area contributed by atoms with E-state index in [0.29, 0.717) is 0 Å². The van der Waals surface area contributed by atoms with E-state index >= 15 is 0 Å². The van der Waals surface area contributed by atoms with Crippen LogP contribution in [-0.2, 0) is 8.85 Å². The molecule has 1 rings (SSSR count). The van der Waals surface area contributed by atoms with E-state index in [0.717, 1.165) is 12.0 Å². The summed E-state index contributed by atoms with van der Waals surface area (Å²) in [6, 6.07) is 1.13. The van der Waals surface area contributed by atoms with E-state index in [1.165, 1.54) is 51.4 Å². The molecule has 1 aliphatic carbocycles. The van der Waals surface area contributed by atoms with Gasteiger partial charge < -0.3 is 8.85 Å². The van der Waals surface area contributed by atoms with Crippen LogP contribution in [-0.4, -0.2) is 16.4 Å². The van der Waals surface area contributed by atoms with Gasteiger partial charge in [0.05, 0.1) is 6.26 Å². The van der Waals surface area contributed by atoms with E-state index in [2.05, 4.69) is 13.0 Å². The molecule has 1 saturated carbocycles. The van der Waals surface area contributed by atoms with Crippen molar-refractivity contribution in [3.8, 4) is 0 Å². The second kappa shape index (κ2) is 9.72. The Labute approximate surface area is 108 Å². The van der Waals surface area contributed by atoms with Gasteiger partial charge in [0.15, 0.2) is 0 Å². The molecule has 1 aliphatic rings. The van der Waals surface area contributed by atoms with Crippen molar-refractivity contribution in [3.05, 3.63) is 12.3 Å². The van der Waals surface area contributed by atoms with Gasteiger partial charge in [-0.25, -0.2) is 0 Å². The summed E-state index contributed by atoms with van der Waals surface area (Å²) in [4.78, 5) is 0. The van der Waals surface area contributed by atoms with Crippen LogP contribution in [0, 0.1) is 5.92 Å². The first-order chi connectivity index (χ1) is 8.36. The Bertz CT molecular complexity index is 198. The summed E-state index contributed by atoms with van der Waals surface area (Å²) < 4.78 is 11.2. The summed E-state index contributed by atoms with van der Waals surface area (Å²) in [6.45, 7) is 2.21. The fourth-order valence-corrected chi connectivity index (χ4v) is 3.85. The summed E-state index contributed by atoms with van der Waals surface area (Å²) in [5, 5.41) is 0. The topological polar surface area (TPSA) is 18.5 Å². The molecule has 0 bridgehead atoms. The lowest BCUT2D eigenvalue weighted by molar-refractivity contribution is 0.302. The molecule has 1 fully saturated rings. The monoisotopic (exact) mass is 256 g/mol. The Kier molecular flexibility index (Phi) is 8.45. The van der Waals surface area contributed by atoms with Crippen molar-refractivity contribution in [1.82, 2.24) is 0 Å². The lowest BCUT2D eigenvalue weighted by atomic mass is 10.0. The van der Waals surface area contributed by atoms with Gasteiger partial charge in [-0.3, -0.25) is 0 Å². The Balaban J connectivity index is 2.21. The lowest BCUT2D eigenvalue weighted by Crippen LogP contribution is -2.17. The standard InChI is InChI=1S/C14H28O2Si/c1-3-4-13-17(15-2)16-12-11-14-9-7-5-6-8-10-14/h11-12,14,17H,3-10,13H2,1-2H3.